The molecular formula is C21H29N3O2. The van der Waals surface area contributed by atoms with Crippen LogP contribution in [-0.4, -0.2) is 18.4 Å². The van der Waals surface area contributed by atoms with Crippen LogP contribution in [0, 0.1) is 6.92 Å². The maximum Gasteiger partial charge on any atom is 0.258 e. The Balaban J connectivity index is 2.09. The van der Waals surface area contributed by atoms with Crippen molar-refractivity contribution in [3.63, 3.8) is 0 Å². The highest BCUT2D eigenvalue weighted by Gasteiger charge is 2.30. The number of hydrogen-bond donors (Lipinski definition) is 2. The van der Waals surface area contributed by atoms with E-state index in [4.69, 9.17) is 4.74 Å². The summed E-state index contributed by atoms with van der Waals surface area (Å²) < 4.78 is 5.67. The highest BCUT2D eigenvalue weighted by Crippen LogP contribution is 2.29. The van der Waals surface area contributed by atoms with Crippen molar-refractivity contribution in [2.45, 2.75) is 53.0 Å². The van der Waals surface area contributed by atoms with Crippen molar-refractivity contribution in [2.75, 3.05) is 6.61 Å². The number of nitrogens with zero attached hydrogens (tertiary/aromatic N) is 1. The highest BCUT2D eigenvalue weighted by molar-refractivity contribution is 5.96. The van der Waals surface area contributed by atoms with Crippen LogP contribution in [0.5, 0.6) is 0 Å². The normalized spacial score (nSPS) is 14.7. The van der Waals surface area contributed by atoms with Crippen LogP contribution in [0.4, 0.5) is 0 Å². The Morgan fingerprint density at radius 3 is 2.38 bits per heavy atom. The lowest BCUT2D eigenvalue weighted by atomic mass is 9.84. The maximum atomic E-state index is 12.6. The molecule has 0 saturated carbocycles. The van der Waals surface area contributed by atoms with Crippen molar-refractivity contribution in [2.24, 2.45) is 4.99 Å². The lowest BCUT2D eigenvalue weighted by Gasteiger charge is -2.34. The molecule has 0 aromatic heterocycles. The molecule has 26 heavy (non-hydrogen) atoms. The van der Waals surface area contributed by atoms with E-state index < -0.39 is 5.54 Å². The zero-order valence-corrected chi connectivity index (χ0v) is 16.4. The number of ether oxygens (including phenoxy) is 1. The molecule has 0 radical (unpaired) electrons. The highest BCUT2D eigenvalue weighted by atomic mass is 16.5. The zero-order chi connectivity index (χ0) is 19.3. The quantitative estimate of drug-likeness (QED) is 0.813. The van der Waals surface area contributed by atoms with Gasteiger partial charge in [-0.25, -0.2) is 0 Å². The molecule has 0 spiro atoms. The number of allylic oxidation sites excluding steroid dienone is 1. The summed E-state index contributed by atoms with van der Waals surface area (Å²) in [4.78, 5) is 16.8. The molecule has 1 aliphatic rings. The molecule has 0 unspecified atom stereocenters. The zero-order valence-electron chi connectivity index (χ0n) is 16.4. The summed E-state index contributed by atoms with van der Waals surface area (Å²) in [5.74, 6) is 0.793. The molecular weight excluding hydrogens is 326 g/mol. The number of benzene rings is 1. The third-order valence-corrected chi connectivity index (χ3v) is 4.98. The van der Waals surface area contributed by atoms with Crippen LogP contribution in [0.2, 0.25) is 0 Å². The SMILES string of the molecule is C=C1N=C(OCC(=O)NC(CC)(CC)c2ccc(C)cc2)C(C)=C(C)N1. The number of carbonyl (C=O) groups is 1. The fraction of sp³-hybridized carbons (Fsp3) is 0.429. The van der Waals surface area contributed by atoms with Crippen LogP contribution in [0.3, 0.4) is 0 Å². The number of amides is 1. The topological polar surface area (TPSA) is 62.7 Å². The molecule has 2 N–H and O–H groups in total. The largest absolute Gasteiger partial charge is 0.467 e. The second kappa shape index (κ2) is 8.21. The van der Waals surface area contributed by atoms with Crippen molar-refractivity contribution in [3.8, 4) is 0 Å². The first-order valence-electron chi connectivity index (χ1n) is 9.04. The van der Waals surface area contributed by atoms with Gasteiger partial charge in [-0.1, -0.05) is 50.3 Å². The van der Waals surface area contributed by atoms with E-state index in [0.717, 1.165) is 29.7 Å². The summed E-state index contributed by atoms with van der Waals surface area (Å²) in [5, 5.41) is 6.22. The molecule has 0 aliphatic carbocycles. The second-order valence-electron chi connectivity index (χ2n) is 6.73. The molecule has 0 bridgehead atoms. The molecule has 140 valence electrons. The summed E-state index contributed by atoms with van der Waals surface area (Å²) in [7, 11) is 0. The van der Waals surface area contributed by atoms with Crippen LogP contribution < -0.4 is 10.6 Å². The standard InChI is InChI=1S/C21H29N3O2/c1-7-21(8-2,18-11-9-14(3)10-12-18)24-19(25)13-26-20-15(4)16(5)22-17(6)23-20/h9-12,22H,6-8,13H2,1-5H3,(H,24,25). The second-order valence-corrected chi connectivity index (χ2v) is 6.73. The lowest BCUT2D eigenvalue weighted by molar-refractivity contribution is -0.125. The van der Waals surface area contributed by atoms with Gasteiger partial charge in [0.2, 0.25) is 5.90 Å². The molecule has 1 aromatic rings. The number of rotatable bonds is 6. The van der Waals surface area contributed by atoms with Gasteiger partial charge < -0.3 is 15.4 Å². The fourth-order valence-corrected chi connectivity index (χ4v) is 3.06. The number of aliphatic imine (C=N–C) groups is 1. The van der Waals surface area contributed by atoms with Crippen LogP contribution in [0.1, 0.15) is 51.7 Å². The van der Waals surface area contributed by atoms with E-state index in [9.17, 15) is 4.79 Å². The summed E-state index contributed by atoms with van der Waals surface area (Å²) >= 11 is 0. The van der Waals surface area contributed by atoms with E-state index in [0.29, 0.717) is 11.7 Å². The lowest BCUT2D eigenvalue weighted by Crippen LogP contribution is -2.46. The Morgan fingerprint density at radius 1 is 1.19 bits per heavy atom. The molecule has 1 amide bonds. The maximum absolute atomic E-state index is 12.6. The Bertz CT molecular complexity index is 741. The van der Waals surface area contributed by atoms with Gasteiger partial charge in [0.1, 0.15) is 5.82 Å². The van der Waals surface area contributed by atoms with Crippen LogP contribution >= 0.6 is 0 Å². The third kappa shape index (κ3) is 4.34. The molecule has 1 aromatic carbocycles. The predicted octanol–water partition coefficient (Wildman–Crippen LogP) is 3.91. The average Bonchev–Trinajstić information content (AvgIpc) is 2.62. The van der Waals surface area contributed by atoms with Crippen molar-refractivity contribution in [3.05, 3.63) is 59.1 Å². The van der Waals surface area contributed by atoms with Gasteiger partial charge in [-0.15, -0.1) is 0 Å². The Kier molecular flexibility index (Phi) is 6.24. The Labute approximate surface area is 156 Å². The van der Waals surface area contributed by atoms with Crippen LogP contribution in [0.15, 0.2) is 52.9 Å². The average molecular weight is 355 g/mol. The van der Waals surface area contributed by atoms with E-state index in [-0.39, 0.29) is 12.5 Å². The molecule has 1 heterocycles. The van der Waals surface area contributed by atoms with Gasteiger partial charge in [0.25, 0.3) is 5.91 Å². The number of carbonyl (C=O) groups excluding carboxylic acids is 1. The molecule has 5 heteroatoms. The van der Waals surface area contributed by atoms with Gasteiger partial charge in [0.15, 0.2) is 6.61 Å². The molecule has 5 nitrogen and oxygen atoms in total. The van der Waals surface area contributed by atoms with Crippen molar-refractivity contribution in [1.82, 2.24) is 10.6 Å². The third-order valence-electron chi connectivity index (χ3n) is 4.98. The van der Waals surface area contributed by atoms with Gasteiger partial charge in [-0.05, 0) is 39.2 Å². The molecule has 2 rings (SSSR count). The van der Waals surface area contributed by atoms with Crippen LogP contribution in [-0.2, 0) is 15.1 Å². The first-order chi connectivity index (χ1) is 12.3. The molecule has 0 atom stereocenters. The monoisotopic (exact) mass is 355 g/mol. The summed E-state index contributed by atoms with van der Waals surface area (Å²) in [5.41, 5.74) is 3.72. The molecule has 0 saturated heterocycles. The van der Waals surface area contributed by atoms with Crippen LogP contribution in [0.25, 0.3) is 0 Å². The summed E-state index contributed by atoms with van der Waals surface area (Å²) in [6.07, 6.45) is 1.61. The summed E-state index contributed by atoms with van der Waals surface area (Å²) in [6, 6.07) is 8.32. The smallest absolute Gasteiger partial charge is 0.258 e. The number of nitrogens with one attached hydrogen (secondary N) is 2. The predicted molar refractivity (Wildman–Crippen MR) is 106 cm³/mol. The summed E-state index contributed by atoms with van der Waals surface area (Å²) in [6.45, 7) is 13.8. The van der Waals surface area contributed by atoms with Crippen molar-refractivity contribution >= 4 is 11.8 Å². The van der Waals surface area contributed by atoms with E-state index >= 15 is 0 Å². The van der Waals surface area contributed by atoms with E-state index in [1.54, 1.807) is 0 Å². The van der Waals surface area contributed by atoms with Crippen molar-refractivity contribution in [1.29, 1.82) is 0 Å². The molecule has 0 fully saturated rings. The van der Waals surface area contributed by atoms with E-state index in [2.05, 4.69) is 67.2 Å². The fourth-order valence-electron chi connectivity index (χ4n) is 3.06. The van der Waals surface area contributed by atoms with E-state index in [1.165, 1.54) is 5.56 Å². The van der Waals surface area contributed by atoms with Gasteiger partial charge in [-0.3, -0.25) is 4.79 Å². The minimum Gasteiger partial charge on any atom is -0.467 e. The number of aryl methyl sites for hydroxylation is 1. The molecule has 1 aliphatic heterocycles. The van der Waals surface area contributed by atoms with E-state index in [1.807, 2.05) is 13.8 Å². The van der Waals surface area contributed by atoms with Gasteiger partial charge in [-0.2, -0.15) is 4.99 Å². The Hall–Kier alpha value is -2.56. The van der Waals surface area contributed by atoms with Crippen molar-refractivity contribution < 1.29 is 9.53 Å². The first-order valence-corrected chi connectivity index (χ1v) is 9.04. The first kappa shape index (κ1) is 19.8. The van der Waals surface area contributed by atoms with Gasteiger partial charge in [0.05, 0.1) is 5.54 Å². The van der Waals surface area contributed by atoms with Gasteiger partial charge in [0, 0.05) is 11.3 Å². The van der Waals surface area contributed by atoms with Gasteiger partial charge >= 0.3 is 0 Å². The minimum atomic E-state index is -0.394. The minimum absolute atomic E-state index is 0.0790. The number of hydrogen-bond acceptors (Lipinski definition) is 4. The Morgan fingerprint density at radius 2 is 1.81 bits per heavy atom.